The number of halogens is 3. The molecule has 5 rings (SSSR count). The summed E-state index contributed by atoms with van der Waals surface area (Å²) in [6, 6.07) is 7.55. The molecule has 0 unspecified atom stereocenters. The van der Waals surface area contributed by atoms with Crippen molar-refractivity contribution in [3.8, 4) is 0 Å². The number of aliphatic imine (C=N–C) groups is 1. The zero-order valence-corrected chi connectivity index (χ0v) is 19.0. The Kier molecular flexibility index (Phi) is 5.24. The topological polar surface area (TPSA) is 117 Å². The lowest BCUT2D eigenvalue weighted by Gasteiger charge is -2.60. The lowest BCUT2D eigenvalue weighted by Crippen LogP contribution is -2.60. The first-order valence-electron chi connectivity index (χ1n) is 10.3. The smallest absolute Gasteiger partial charge is 0.156 e. The van der Waals surface area contributed by atoms with E-state index in [2.05, 4.69) is 20.3 Å². The number of nitrogens with two attached hydrogens (primary N) is 1. The van der Waals surface area contributed by atoms with Crippen molar-refractivity contribution in [1.29, 1.82) is 0 Å². The van der Waals surface area contributed by atoms with E-state index in [9.17, 15) is 17.9 Å². The quantitative estimate of drug-likeness (QED) is 0.388. The molecule has 174 valence electrons. The molecule has 11 heteroatoms. The molecule has 0 bridgehead atoms. The number of anilines is 2. The molecule has 1 aliphatic heterocycles. The molecule has 3 aromatic rings. The lowest BCUT2D eigenvalue weighted by molar-refractivity contribution is 0.291. The first-order chi connectivity index (χ1) is 15.7. The van der Waals surface area contributed by atoms with Gasteiger partial charge in [-0.25, -0.2) is 13.8 Å². The van der Waals surface area contributed by atoms with Crippen LogP contribution in [-0.4, -0.2) is 42.1 Å². The number of benzene rings is 1. The van der Waals surface area contributed by atoms with E-state index in [1.807, 2.05) is 0 Å². The van der Waals surface area contributed by atoms with E-state index in [0.717, 1.165) is 11.8 Å². The molecular formula is C22H22ClF2N5O2S. The summed E-state index contributed by atoms with van der Waals surface area (Å²) in [6.45, 7) is -1.13. The van der Waals surface area contributed by atoms with Crippen molar-refractivity contribution in [2.24, 2.45) is 10.7 Å². The minimum Gasteiger partial charge on any atom is -0.386 e. The van der Waals surface area contributed by atoms with Gasteiger partial charge in [-0.2, -0.15) is 10.6 Å². The van der Waals surface area contributed by atoms with Gasteiger partial charge in [0.2, 0.25) is 0 Å². The van der Waals surface area contributed by atoms with Crippen LogP contribution in [0.4, 0.5) is 20.3 Å². The maximum absolute atomic E-state index is 15.0. The maximum Gasteiger partial charge on any atom is 0.156 e. The molecule has 1 aromatic carbocycles. The Morgan fingerprint density at radius 1 is 1.18 bits per heavy atom. The molecule has 5 N–H and O–H groups in total. The van der Waals surface area contributed by atoms with Crippen LogP contribution in [0.15, 0.2) is 47.7 Å². The molecule has 1 fully saturated rings. The number of amidine groups is 1. The van der Waals surface area contributed by atoms with Crippen molar-refractivity contribution >= 4 is 50.4 Å². The minimum atomic E-state index is -3.34. The third-order valence-electron chi connectivity index (χ3n) is 6.55. The van der Waals surface area contributed by atoms with Crippen LogP contribution >= 0.6 is 22.2 Å². The molecule has 7 nitrogen and oxygen atoms in total. The fourth-order valence-electron chi connectivity index (χ4n) is 4.58. The Labute approximate surface area is 195 Å². The Morgan fingerprint density at radius 3 is 2.64 bits per heavy atom. The van der Waals surface area contributed by atoms with Gasteiger partial charge in [-0.05, 0) is 49.6 Å². The third kappa shape index (κ3) is 3.43. The van der Waals surface area contributed by atoms with Crippen LogP contribution in [0, 0.1) is 5.82 Å². The molecule has 1 atom stereocenters. The van der Waals surface area contributed by atoms with Crippen molar-refractivity contribution in [3.05, 3.63) is 59.1 Å². The molecule has 1 aliphatic carbocycles. The van der Waals surface area contributed by atoms with Gasteiger partial charge in [0.05, 0.1) is 10.8 Å². The summed E-state index contributed by atoms with van der Waals surface area (Å²) in [7, 11) is -3.34. The van der Waals surface area contributed by atoms with Crippen LogP contribution in [0.25, 0.3) is 10.9 Å². The second-order valence-electron chi connectivity index (χ2n) is 8.53. The Hall–Kier alpha value is -2.53. The van der Waals surface area contributed by atoms with Gasteiger partial charge in [-0.1, -0.05) is 11.6 Å². The van der Waals surface area contributed by atoms with Crippen LogP contribution < -0.4 is 11.1 Å². The van der Waals surface area contributed by atoms with E-state index in [1.165, 1.54) is 24.4 Å². The first-order valence-corrected chi connectivity index (χ1v) is 12.4. The predicted octanol–water partition coefficient (Wildman–Crippen LogP) is 5.37. The average Bonchev–Trinajstić information content (AvgIpc) is 2.72. The molecule has 33 heavy (non-hydrogen) atoms. The van der Waals surface area contributed by atoms with E-state index >= 15 is 0 Å². The summed E-state index contributed by atoms with van der Waals surface area (Å²) in [4.78, 5) is 13.0. The highest BCUT2D eigenvalue weighted by molar-refractivity contribution is 8.26. The molecule has 0 radical (unpaired) electrons. The standard InChI is InChI=1S/C22H22ClF2N5O2S/c23-14-8-13-4-7-27-19(18(13)28-10-14)29-15-2-3-17(25)16(9-15)21(11-24)12-33(31,32)22(5-1-6-22)20(26)30-21/h2-4,7-10,31-32H,1,5-6,11-12H2,(H2,26,30)(H,27,29)/t21-/m0/s1. The van der Waals surface area contributed by atoms with Gasteiger partial charge >= 0.3 is 0 Å². The highest BCUT2D eigenvalue weighted by atomic mass is 35.5. The molecule has 3 heterocycles. The maximum atomic E-state index is 15.0. The Morgan fingerprint density at radius 2 is 1.97 bits per heavy atom. The zero-order chi connectivity index (χ0) is 23.4. The van der Waals surface area contributed by atoms with Crippen molar-refractivity contribution in [2.45, 2.75) is 29.5 Å². The Balaban J connectivity index is 1.57. The summed E-state index contributed by atoms with van der Waals surface area (Å²) in [5, 5.41) is 4.31. The number of nitrogens with zero attached hydrogens (tertiary/aromatic N) is 3. The number of aromatic nitrogens is 2. The molecule has 1 saturated carbocycles. The molecule has 2 aromatic heterocycles. The number of pyridine rings is 2. The first kappa shape index (κ1) is 22.3. The van der Waals surface area contributed by atoms with E-state index < -0.39 is 39.1 Å². The number of nitrogens with one attached hydrogen (secondary N) is 1. The molecule has 0 amide bonds. The predicted molar refractivity (Wildman–Crippen MR) is 128 cm³/mol. The van der Waals surface area contributed by atoms with Gasteiger partial charge in [0.15, 0.2) is 5.82 Å². The van der Waals surface area contributed by atoms with Crippen LogP contribution in [0.1, 0.15) is 24.8 Å². The summed E-state index contributed by atoms with van der Waals surface area (Å²) >= 11 is 6.01. The SMILES string of the molecule is NC1=N[C@](CF)(c2cc(Nc3nccc4cc(Cl)cnc34)ccc2F)CS(O)(O)C12CCC2. The van der Waals surface area contributed by atoms with Crippen LogP contribution in [0.5, 0.6) is 0 Å². The minimum absolute atomic E-state index is 0.0211. The number of hydrogen-bond donors (Lipinski definition) is 4. The molecule has 2 aliphatic rings. The van der Waals surface area contributed by atoms with Crippen molar-refractivity contribution in [3.63, 3.8) is 0 Å². The number of rotatable bonds is 4. The van der Waals surface area contributed by atoms with E-state index in [4.69, 9.17) is 17.3 Å². The zero-order valence-electron chi connectivity index (χ0n) is 17.4. The van der Waals surface area contributed by atoms with Gasteiger partial charge in [-0.15, -0.1) is 0 Å². The monoisotopic (exact) mass is 493 g/mol. The molecule has 0 saturated heterocycles. The van der Waals surface area contributed by atoms with Crippen LogP contribution in [0.3, 0.4) is 0 Å². The largest absolute Gasteiger partial charge is 0.386 e. The highest BCUT2D eigenvalue weighted by Gasteiger charge is 2.59. The third-order valence-corrected chi connectivity index (χ3v) is 9.50. The summed E-state index contributed by atoms with van der Waals surface area (Å²) < 4.78 is 50.3. The molecular weight excluding hydrogens is 472 g/mol. The van der Waals surface area contributed by atoms with E-state index in [-0.39, 0.29) is 11.4 Å². The van der Waals surface area contributed by atoms with E-state index in [1.54, 1.807) is 18.3 Å². The summed E-state index contributed by atoms with van der Waals surface area (Å²) in [5.41, 5.74) is 5.16. The summed E-state index contributed by atoms with van der Waals surface area (Å²) in [5.74, 6) is -0.762. The van der Waals surface area contributed by atoms with Crippen molar-refractivity contribution < 1.29 is 17.9 Å². The van der Waals surface area contributed by atoms with E-state index in [0.29, 0.717) is 34.9 Å². The number of hydrogen-bond acceptors (Lipinski definition) is 7. The number of fused-ring (bicyclic) bond motifs is 1. The highest BCUT2D eigenvalue weighted by Crippen LogP contribution is 2.66. The van der Waals surface area contributed by atoms with Crippen molar-refractivity contribution in [1.82, 2.24) is 9.97 Å². The molecule has 1 spiro atoms. The van der Waals surface area contributed by atoms with Gasteiger partial charge in [-0.3, -0.25) is 19.1 Å². The second-order valence-corrected chi connectivity index (χ2v) is 11.4. The van der Waals surface area contributed by atoms with Gasteiger partial charge < -0.3 is 11.1 Å². The fourth-order valence-corrected chi connectivity index (χ4v) is 7.31. The Bertz CT molecular complexity index is 1290. The van der Waals surface area contributed by atoms with Crippen LogP contribution in [-0.2, 0) is 5.54 Å². The average molecular weight is 494 g/mol. The van der Waals surface area contributed by atoms with Gasteiger partial charge in [0, 0.05) is 29.0 Å². The van der Waals surface area contributed by atoms with Gasteiger partial charge in [0.1, 0.15) is 34.1 Å². The normalized spacial score (nSPS) is 24.2. The summed E-state index contributed by atoms with van der Waals surface area (Å²) in [6.07, 6.45) is 4.79. The van der Waals surface area contributed by atoms with Gasteiger partial charge in [0.25, 0.3) is 0 Å². The fraction of sp³-hybridized carbons (Fsp3) is 0.318. The van der Waals surface area contributed by atoms with Crippen molar-refractivity contribution in [2.75, 3.05) is 17.7 Å². The number of alkyl halides is 1. The lowest BCUT2D eigenvalue weighted by atomic mass is 9.82. The second kappa shape index (κ2) is 7.76. The van der Waals surface area contributed by atoms with Crippen LogP contribution in [0.2, 0.25) is 5.02 Å².